The lowest BCUT2D eigenvalue weighted by Crippen LogP contribution is -2.22. The summed E-state index contributed by atoms with van der Waals surface area (Å²) >= 11 is 0. The molecule has 0 saturated heterocycles. The van der Waals surface area contributed by atoms with Crippen molar-refractivity contribution in [3.8, 4) is 0 Å². The maximum atomic E-state index is 11.3. The van der Waals surface area contributed by atoms with Crippen LogP contribution in [-0.4, -0.2) is 27.9 Å². The van der Waals surface area contributed by atoms with E-state index in [-0.39, 0.29) is 5.91 Å². The summed E-state index contributed by atoms with van der Waals surface area (Å²) in [5.74, 6) is 0.691. The Balaban J connectivity index is 1.81. The fourth-order valence-electron chi connectivity index (χ4n) is 2.02. The van der Waals surface area contributed by atoms with E-state index < -0.39 is 0 Å². The van der Waals surface area contributed by atoms with Gasteiger partial charge >= 0.3 is 0 Å². The molecule has 0 fully saturated rings. The molecule has 6 nitrogen and oxygen atoms in total. The summed E-state index contributed by atoms with van der Waals surface area (Å²) in [7, 11) is 1.74. The number of benzene rings is 1. The Morgan fingerprint density at radius 2 is 1.77 bits per heavy atom. The Morgan fingerprint density at radius 1 is 1.05 bits per heavy atom. The standard InChI is InChI=1S/C16H15N5O/c1-11(22)21(2)13-5-3-12(4-6-13)19-15-8-7-14-16(20-15)18-10-9-17-14/h3-10H,1-2H3,(H,18,19,20). The molecule has 0 saturated carbocycles. The van der Waals surface area contributed by atoms with Crippen molar-refractivity contribution >= 4 is 34.3 Å². The van der Waals surface area contributed by atoms with Crippen LogP contribution < -0.4 is 10.2 Å². The highest BCUT2D eigenvalue weighted by Crippen LogP contribution is 2.20. The van der Waals surface area contributed by atoms with Crippen LogP contribution in [0.3, 0.4) is 0 Å². The molecule has 0 atom stereocenters. The first-order valence-electron chi connectivity index (χ1n) is 6.82. The lowest BCUT2D eigenvalue weighted by molar-refractivity contribution is -0.116. The molecular weight excluding hydrogens is 278 g/mol. The summed E-state index contributed by atoms with van der Waals surface area (Å²) in [6, 6.07) is 11.3. The molecule has 0 aliphatic rings. The number of amides is 1. The normalized spacial score (nSPS) is 10.5. The van der Waals surface area contributed by atoms with Gasteiger partial charge in [0, 0.05) is 37.7 Å². The Kier molecular flexibility index (Phi) is 3.65. The number of nitrogens with one attached hydrogen (secondary N) is 1. The number of pyridine rings is 1. The molecule has 1 N–H and O–H groups in total. The highest BCUT2D eigenvalue weighted by molar-refractivity contribution is 5.91. The van der Waals surface area contributed by atoms with Gasteiger partial charge < -0.3 is 10.2 Å². The molecule has 2 heterocycles. The first-order chi connectivity index (χ1) is 10.6. The Morgan fingerprint density at radius 3 is 2.50 bits per heavy atom. The number of nitrogens with zero attached hydrogens (tertiary/aromatic N) is 4. The first-order valence-corrected chi connectivity index (χ1v) is 6.82. The minimum atomic E-state index is -0.00419. The number of carbonyl (C=O) groups is 1. The van der Waals surface area contributed by atoms with Crippen molar-refractivity contribution < 1.29 is 4.79 Å². The van der Waals surface area contributed by atoms with Gasteiger partial charge in [0.25, 0.3) is 0 Å². The summed E-state index contributed by atoms with van der Waals surface area (Å²) in [4.78, 5) is 25.7. The van der Waals surface area contributed by atoms with E-state index in [1.54, 1.807) is 24.3 Å². The van der Waals surface area contributed by atoms with E-state index in [1.807, 2.05) is 36.4 Å². The Labute approximate surface area is 127 Å². The van der Waals surface area contributed by atoms with Crippen LogP contribution in [0.15, 0.2) is 48.8 Å². The van der Waals surface area contributed by atoms with Gasteiger partial charge in [0.2, 0.25) is 5.91 Å². The molecule has 0 aliphatic carbocycles. The molecule has 1 aromatic carbocycles. The van der Waals surface area contributed by atoms with Crippen LogP contribution in [-0.2, 0) is 4.79 Å². The van der Waals surface area contributed by atoms with Crippen molar-refractivity contribution in [2.75, 3.05) is 17.3 Å². The minimum absolute atomic E-state index is 0.00419. The molecule has 6 heteroatoms. The molecule has 0 unspecified atom stereocenters. The number of fused-ring (bicyclic) bond motifs is 1. The second-order valence-electron chi connectivity index (χ2n) is 4.85. The molecule has 2 aromatic heterocycles. The predicted molar refractivity (Wildman–Crippen MR) is 86.1 cm³/mol. The number of hydrogen-bond acceptors (Lipinski definition) is 5. The van der Waals surface area contributed by atoms with Crippen molar-refractivity contribution in [3.05, 3.63) is 48.8 Å². The van der Waals surface area contributed by atoms with E-state index in [2.05, 4.69) is 20.3 Å². The van der Waals surface area contributed by atoms with Gasteiger partial charge in [0.1, 0.15) is 11.3 Å². The summed E-state index contributed by atoms with van der Waals surface area (Å²) in [5, 5.41) is 3.21. The van der Waals surface area contributed by atoms with Gasteiger partial charge in [-0.1, -0.05) is 0 Å². The molecule has 0 aliphatic heterocycles. The number of carbonyl (C=O) groups excluding carboxylic acids is 1. The van der Waals surface area contributed by atoms with Gasteiger partial charge in [0.15, 0.2) is 5.65 Å². The molecule has 0 spiro atoms. The van der Waals surface area contributed by atoms with Gasteiger partial charge in [0.05, 0.1) is 0 Å². The van der Waals surface area contributed by atoms with Crippen molar-refractivity contribution in [3.63, 3.8) is 0 Å². The van der Waals surface area contributed by atoms with E-state index in [9.17, 15) is 4.79 Å². The third kappa shape index (κ3) is 2.85. The van der Waals surface area contributed by atoms with Crippen LogP contribution in [0.1, 0.15) is 6.92 Å². The third-order valence-electron chi connectivity index (χ3n) is 3.33. The van der Waals surface area contributed by atoms with E-state index in [1.165, 1.54) is 6.92 Å². The van der Waals surface area contributed by atoms with Crippen molar-refractivity contribution in [1.29, 1.82) is 0 Å². The highest BCUT2D eigenvalue weighted by atomic mass is 16.2. The van der Waals surface area contributed by atoms with Crippen LogP contribution in [0.4, 0.5) is 17.2 Å². The van der Waals surface area contributed by atoms with Crippen molar-refractivity contribution in [1.82, 2.24) is 15.0 Å². The van der Waals surface area contributed by atoms with Gasteiger partial charge in [-0.3, -0.25) is 9.78 Å². The second-order valence-corrected chi connectivity index (χ2v) is 4.85. The zero-order valence-electron chi connectivity index (χ0n) is 12.3. The van der Waals surface area contributed by atoms with Gasteiger partial charge in [-0.15, -0.1) is 0 Å². The van der Waals surface area contributed by atoms with Crippen LogP contribution in [0, 0.1) is 0 Å². The largest absolute Gasteiger partial charge is 0.340 e. The van der Waals surface area contributed by atoms with E-state index >= 15 is 0 Å². The summed E-state index contributed by atoms with van der Waals surface area (Å²) in [6.45, 7) is 1.53. The lowest BCUT2D eigenvalue weighted by atomic mass is 10.2. The van der Waals surface area contributed by atoms with Crippen molar-refractivity contribution in [2.24, 2.45) is 0 Å². The Bertz CT molecular complexity index is 816. The maximum Gasteiger partial charge on any atom is 0.223 e. The van der Waals surface area contributed by atoms with Crippen LogP contribution in [0.5, 0.6) is 0 Å². The molecule has 3 aromatic rings. The Hall–Kier alpha value is -3.02. The molecule has 0 radical (unpaired) electrons. The van der Waals surface area contributed by atoms with E-state index in [0.29, 0.717) is 11.5 Å². The third-order valence-corrected chi connectivity index (χ3v) is 3.33. The maximum absolute atomic E-state index is 11.3. The molecule has 1 amide bonds. The van der Waals surface area contributed by atoms with E-state index in [0.717, 1.165) is 16.9 Å². The van der Waals surface area contributed by atoms with E-state index in [4.69, 9.17) is 0 Å². The predicted octanol–water partition coefficient (Wildman–Crippen LogP) is 2.75. The summed E-state index contributed by atoms with van der Waals surface area (Å²) in [6.07, 6.45) is 3.26. The number of hydrogen-bond donors (Lipinski definition) is 1. The zero-order valence-corrected chi connectivity index (χ0v) is 12.3. The SMILES string of the molecule is CC(=O)N(C)c1ccc(Nc2ccc3nccnc3n2)cc1. The topological polar surface area (TPSA) is 71.0 Å². The van der Waals surface area contributed by atoms with Gasteiger partial charge in [-0.2, -0.15) is 0 Å². The minimum Gasteiger partial charge on any atom is -0.340 e. The van der Waals surface area contributed by atoms with Crippen LogP contribution in [0.25, 0.3) is 11.2 Å². The zero-order chi connectivity index (χ0) is 15.5. The van der Waals surface area contributed by atoms with Gasteiger partial charge in [-0.05, 0) is 36.4 Å². The quantitative estimate of drug-likeness (QED) is 0.804. The van der Waals surface area contributed by atoms with Crippen LogP contribution in [0.2, 0.25) is 0 Å². The lowest BCUT2D eigenvalue weighted by Gasteiger charge is -2.15. The highest BCUT2D eigenvalue weighted by Gasteiger charge is 2.05. The summed E-state index contributed by atoms with van der Waals surface area (Å²) in [5.41, 5.74) is 3.08. The summed E-state index contributed by atoms with van der Waals surface area (Å²) < 4.78 is 0. The molecule has 3 rings (SSSR count). The molecule has 22 heavy (non-hydrogen) atoms. The smallest absolute Gasteiger partial charge is 0.223 e. The number of aromatic nitrogens is 3. The van der Waals surface area contributed by atoms with Crippen molar-refractivity contribution in [2.45, 2.75) is 6.92 Å². The van der Waals surface area contributed by atoms with Crippen LogP contribution >= 0.6 is 0 Å². The first kappa shape index (κ1) is 13.9. The van der Waals surface area contributed by atoms with Gasteiger partial charge in [-0.25, -0.2) is 9.97 Å². The second kappa shape index (κ2) is 5.77. The molecular formula is C16H15N5O. The fourth-order valence-corrected chi connectivity index (χ4v) is 2.02. The number of rotatable bonds is 3. The molecule has 110 valence electrons. The number of anilines is 3. The molecule has 0 bridgehead atoms. The monoisotopic (exact) mass is 293 g/mol. The average molecular weight is 293 g/mol. The fraction of sp³-hybridized carbons (Fsp3) is 0.125. The average Bonchev–Trinajstić information content (AvgIpc) is 2.55.